The topological polar surface area (TPSA) is 63.6 Å². The number of hydrogen-bond donors (Lipinski definition) is 1. The van der Waals surface area contributed by atoms with Crippen LogP contribution in [0.3, 0.4) is 0 Å². The summed E-state index contributed by atoms with van der Waals surface area (Å²) in [6.07, 6.45) is 4.98. The fraction of sp³-hybridized carbons (Fsp3) is 0.100. The molecule has 6 heteroatoms. The molecule has 1 atom stereocenters. The second-order valence-electron chi connectivity index (χ2n) is 5.94. The van der Waals surface area contributed by atoms with Crippen LogP contribution in [0.2, 0.25) is 0 Å². The summed E-state index contributed by atoms with van der Waals surface area (Å²) in [6, 6.07) is 14.1. The third kappa shape index (κ3) is 3.21. The first kappa shape index (κ1) is 16.1. The van der Waals surface area contributed by atoms with Gasteiger partial charge in [-0.3, -0.25) is 4.98 Å². The van der Waals surface area contributed by atoms with Crippen LogP contribution in [0.25, 0.3) is 22.2 Å². The molecule has 0 amide bonds. The fourth-order valence-electron chi connectivity index (χ4n) is 2.77. The van der Waals surface area contributed by atoms with Crippen LogP contribution in [-0.2, 0) is 0 Å². The van der Waals surface area contributed by atoms with E-state index in [4.69, 9.17) is 0 Å². The summed E-state index contributed by atoms with van der Waals surface area (Å²) >= 11 is 0. The lowest BCUT2D eigenvalue weighted by molar-refractivity contribution is 0.628. The van der Waals surface area contributed by atoms with Gasteiger partial charge in [0.25, 0.3) is 0 Å². The van der Waals surface area contributed by atoms with Crippen LogP contribution in [-0.4, -0.2) is 19.9 Å². The molecule has 0 aliphatic rings. The second-order valence-corrected chi connectivity index (χ2v) is 5.94. The molecule has 0 saturated heterocycles. The van der Waals surface area contributed by atoms with Crippen molar-refractivity contribution < 1.29 is 4.39 Å². The van der Waals surface area contributed by atoms with Gasteiger partial charge in [0.1, 0.15) is 18.0 Å². The standard InChI is InChI=1S/C20H16FN5/c1-13(18-4-2-3-9-22-18)26-20-17-10-15(11-23-19(17)24-12-25-20)14-5-7-16(21)8-6-14/h2-13H,1H3,(H,23,24,25,26). The van der Waals surface area contributed by atoms with Crippen LogP contribution < -0.4 is 5.32 Å². The first-order valence-electron chi connectivity index (χ1n) is 8.25. The molecule has 0 spiro atoms. The average Bonchev–Trinajstić information content (AvgIpc) is 2.69. The fourth-order valence-corrected chi connectivity index (χ4v) is 2.77. The minimum atomic E-state index is -0.266. The molecule has 1 N–H and O–H groups in total. The molecule has 3 heterocycles. The number of benzene rings is 1. The van der Waals surface area contributed by atoms with Gasteiger partial charge in [0.2, 0.25) is 0 Å². The minimum Gasteiger partial charge on any atom is -0.361 e. The van der Waals surface area contributed by atoms with Gasteiger partial charge in [-0.1, -0.05) is 18.2 Å². The van der Waals surface area contributed by atoms with E-state index in [1.54, 1.807) is 24.5 Å². The highest BCUT2D eigenvalue weighted by Crippen LogP contribution is 2.27. The molecular formula is C20H16FN5. The van der Waals surface area contributed by atoms with E-state index in [0.717, 1.165) is 22.2 Å². The molecule has 0 aliphatic carbocycles. The molecule has 5 nitrogen and oxygen atoms in total. The van der Waals surface area contributed by atoms with Crippen molar-refractivity contribution in [3.63, 3.8) is 0 Å². The van der Waals surface area contributed by atoms with Gasteiger partial charge in [0, 0.05) is 18.0 Å². The Morgan fingerprint density at radius 2 is 1.77 bits per heavy atom. The zero-order chi connectivity index (χ0) is 17.9. The van der Waals surface area contributed by atoms with Crippen molar-refractivity contribution >= 4 is 16.9 Å². The summed E-state index contributed by atoms with van der Waals surface area (Å²) in [7, 11) is 0. The van der Waals surface area contributed by atoms with Crippen molar-refractivity contribution in [1.82, 2.24) is 19.9 Å². The second kappa shape index (κ2) is 6.84. The van der Waals surface area contributed by atoms with Crippen molar-refractivity contribution in [1.29, 1.82) is 0 Å². The molecule has 128 valence electrons. The normalized spacial score (nSPS) is 12.1. The summed E-state index contributed by atoms with van der Waals surface area (Å²) in [5, 5.41) is 4.18. The van der Waals surface area contributed by atoms with E-state index in [-0.39, 0.29) is 11.9 Å². The smallest absolute Gasteiger partial charge is 0.164 e. The Morgan fingerprint density at radius 1 is 0.923 bits per heavy atom. The molecule has 3 aromatic heterocycles. The Bertz CT molecular complexity index is 1030. The Morgan fingerprint density at radius 3 is 2.54 bits per heavy atom. The van der Waals surface area contributed by atoms with E-state index in [0.29, 0.717) is 11.5 Å². The van der Waals surface area contributed by atoms with E-state index in [1.165, 1.54) is 18.5 Å². The Labute approximate surface area is 150 Å². The molecule has 0 aliphatic heterocycles. The molecule has 0 saturated carbocycles. The highest BCUT2D eigenvalue weighted by molar-refractivity contribution is 5.89. The van der Waals surface area contributed by atoms with Crippen LogP contribution in [0.15, 0.2) is 67.3 Å². The van der Waals surface area contributed by atoms with Crippen molar-refractivity contribution in [2.24, 2.45) is 0 Å². The highest BCUT2D eigenvalue weighted by Gasteiger charge is 2.12. The summed E-state index contributed by atoms with van der Waals surface area (Å²) < 4.78 is 13.2. The third-order valence-corrected chi connectivity index (χ3v) is 4.15. The van der Waals surface area contributed by atoms with E-state index >= 15 is 0 Å². The van der Waals surface area contributed by atoms with Gasteiger partial charge in [0.05, 0.1) is 17.1 Å². The maximum absolute atomic E-state index is 13.2. The summed E-state index contributed by atoms with van der Waals surface area (Å²) in [5.41, 5.74) is 3.28. The molecule has 0 radical (unpaired) electrons. The number of pyridine rings is 2. The number of aromatic nitrogens is 4. The lowest BCUT2D eigenvalue weighted by Gasteiger charge is -2.15. The van der Waals surface area contributed by atoms with Crippen molar-refractivity contribution in [3.8, 4) is 11.1 Å². The first-order valence-corrected chi connectivity index (χ1v) is 8.25. The van der Waals surface area contributed by atoms with Crippen molar-refractivity contribution in [2.75, 3.05) is 5.32 Å². The molecular weight excluding hydrogens is 329 g/mol. The predicted octanol–water partition coefficient (Wildman–Crippen LogP) is 4.40. The number of fused-ring (bicyclic) bond motifs is 1. The lowest BCUT2D eigenvalue weighted by Crippen LogP contribution is -2.10. The number of hydrogen-bond acceptors (Lipinski definition) is 5. The quantitative estimate of drug-likeness (QED) is 0.594. The van der Waals surface area contributed by atoms with Gasteiger partial charge in [-0.25, -0.2) is 19.3 Å². The van der Waals surface area contributed by atoms with Gasteiger partial charge in [-0.2, -0.15) is 0 Å². The summed E-state index contributed by atoms with van der Waals surface area (Å²) in [4.78, 5) is 17.4. The third-order valence-electron chi connectivity index (χ3n) is 4.15. The Balaban J connectivity index is 1.73. The van der Waals surface area contributed by atoms with Crippen LogP contribution >= 0.6 is 0 Å². The zero-order valence-electron chi connectivity index (χ0n) is 14.1. The van der Waals surface area contributed by atoms with Gasteiger partial charge in [-0.05, 0) is 42.8 Å². The highest BCUT2D eigenvalue weighted by atomic mass is 19.1. The molecule has 26 heavy (non-hydrogen) atoms. The van der Waals surface area contributed by atoms with Crippen LogP contribution in [0.4, 0.5) is 10.2 Å². The minimum absolute atomic E-state index is 0.0243. The number of nitrogens with zero attached hydrogens (tertiary/aromatic N) is 4. The van der Waals surface area contributed by atoms with E-state index in [9.17, 15) is 4.39 Å². The molecule has 0 fully saturated rings. The van der Waals surface area contributed by atoms with E-state index in [2.05, 4.69) is 25.3 Å². The number of anilines is 1. The monoisotopic (exact) mass is 345 g/mol. The van der Waals surface area contributed by atoms with E-state index < -0.39 is 0 Å². The van der Waals surface area contributed by atoms with Crippen molar-refractivity contribution in [3.05, 3.63) is 78.8 Å². The molecule has 1 aromatic carbocycles. The lowest BCUT2D eigenvalue weighted by atomic mass is 10.1. The molecule has 0 bridgehead atoms. The van der Waals surface area contributed by atoms with Crippen LogP contribution in [0.5, 0.6) is 0 Å². The molecule has 4 rings (SSSR count). The number of nitrogens with one attached hydrogen (secondary N) is 1. The zero-order valence-corrected chi connectivity index (χ0v) is 14.1. The molecule has 4 aromatic rings. The Hall–Kier alpha value is -3.41. The average molecular weight is 345 g/mol. The van der Waals surface area contributed by atoms with Gasteiger partial charge in [0.15, 0.2) is 5.65 Å². The SMILES string of the molecule is CC(Nc1ncnc2ncc(-c3ccc(F)cc3)cc12)c1ccccn1. The van der Waals surface area contributed by atoms with Gasteiger partial charge in [-0.15, -0.1) is 0 Å². The van der Waals surface area contributed by atoms with Crippen LogP contribution in [0, 0.1) is 5.82 Å². The summed E-state index contributed by atoms with van der Waals surface area (Å²) in [6.45, 7) is 2.02. The van der Waals surface area contributed by atoms with Gasteiger partial charge >= 0.3 is 0 Å². The van der Waals surface area contributed by atoms with E-state index in [1.807, 2.05) is 31.2 Å². The maximum atomic E-state index is 13.2. The maximum Gasteiger partial charge on any atom is 0.164 e. The van der Waals surface area contributed by atoms with Gasteiger partial charge < -0.3 is 5.32 Å². The first-order chi connectivity index (χ1) is 12.7. The Kier molecular flexibility index (Phi) is 4.23. The number of halogens is 1. The van der Waals surface area contributed by atoms with Crippen LogP contribution in [0.1, 0.15) is 18.7 Å². The summed E-state index contributed by atoms with van der Waals surface area (Å²) in [5.74, 6) is 0.419. The predicted molar refractivity (Wildman–Crippen MR) is 99.0 cm³/mol. The van der Waals surface area contributed by atoms with Crippen molar-refractivity contribution in [2.45, 2.75) is 13.0 Å². The largest absolute Gasteiger partial charge is 0.361 e. The number of rotatable bonds is 4. The molecule has 1 unspecified atom stereocenters.